The highest BCUT2D eigenvalue weighted by molar-refractivity contribution is 6.36. The lowest BCUT2D eigenvalue weighted by molar-refractivity contribution is 0.0615. The number of aromatic nitrogens is 2. The van der Waals surface area contributed by atoms with E-state index < -0.39 is 0 Å². The highest BCUT2D eigenvalue weighted by Crippen LogP contribution is 2.40. The fraction of sp³-hybridized carbons (Fsp3) is 0.600. The van der Waals surface area contributed by atoms with Gasteiger partial charge in [0.05, 0.1) is 24.4 Å². The van der Waals surface area contributed by atoms with Gasteiger partial charge in [0.2, 0.25) is 0 Å². The van der Waals surface area contributed by atoms with Crippen molar-refractivity contribution in [3.05, 3.63) is 28.9 Å². The number of anilines is 1. The lowest BCUT2D eigenvalue weighted by Gasteiger charge is -2.38. The fourth-order valence-electron chi connectivity index (χ4n) is 4.50. The molecule has 1 aromatic carbocycles. The molecule has 1 aliphatic carbocycles. The van der Waals surface area contributed by atoms with Crippen LogP contribution in [0, 0.1) is 11.3 Å². The van der Waals surface area contributed by atoms with Crippen LogP contribution in [0.25, 0.3) is 11.3 Å². The molecule has 0 atom stereocenters. The molecule has 3 N–H and O–H groups in total. The van der Waals surface area contributed by atoms with Gasteiger partial charge in [0.1, 0.15) is 5.75 Å². The molecule has 1 aromatic heterocycles. The number of methoxy groups -OCH3 is 1. The van der Waals surface area contributed by atoms with Gasteiger partial charge in [-0.25, -0.2) is 0 Å². The van der Waals surface area contributed by atoms with Gasteiger partial charge in [0.15, 0.2) is 5.69 Å². The number of nitrogens with zero attached hydrogens (tertiary/aromatic N) is 2. The Balaban J connectivity index is 1.87. The van der Waals surface area contributed by atoms with Crippen LogP contribution in [0.3, 0.4) is 0 Å². The molecule has 0 bridgehead atoms. The van der Waals surface area contributed by atoms with Crippen molar-refractivity contribution in [1.29, 1.82) is 0 Å². The van der Waals surface area contributed by atoms with Crippen LogP contribution in [0.4, 0.5) is 5.69 Å². The number of aliphatic hydroxyl groups excluding tert-OH is 1. The molecular formula is C25H37ClN4O3. The number of halogens is 1. The highest BCUT2D eigenvalue weighted by atomic mass is 35.5. The molecule has 1 fully saturated rings. The number of aryl methyl sites for hydroxylation is 1. The van der Waals surface area contributed by atoms with Crippen molar-refractivity contribution in [2.24, 2.45) is 11.3 Å². The summed E-state index contributed by atoms with van der Waals surface area (Å²) in [7, 11) is 1.62. The van der Waals surface area contributed by atoms with E-state index in [-0.39, 0.29) is 29.7 Å². The predicted molar refractivity (Wildman–Crippen MR) is 133 cm³/mol. The minimum atomic E-state index is -0.322. The van der Waals surface area contributed by atoms with Gasteiger partial charge in [-0.1, -0.05) is 31.4 Å². The average molecular weight is 477 g/mol. The molecule has 0 unspecified atom stereocenters. The van der Waals surface area contributed by atoms with E-state index in [1.165, 1.54) is 0 Å². The zero-order chi connectivity index (χ0) is 24.2. The standard InChI is InChI=1S/C25H37ClN4O3/c1-6-30-23(19-8-7-18(28-16(2)3)13-20(19)33-5)21(26)22(29-30)24(32)27-14-25(15-31)11-9-17(4)10-12-25/h7-8,13,16-17,28,31H,6,9-12,14-15H2,1-5H3,(H,27,32). The summed E-state index contributed by atoms with van der Waals surface area (Å²) in [5.74, 6) is 0.992. The smallest absolute Gasteiger partial charge is 0.273 e. The molecule has 7 nitrogen and oxygen atoms in total. The van der Waals surface area contributed by atoms with Gasteiger partial charge in [0, 0.05) is 41.9 Å². The van der Waals surface area contributed by atoms with Gasteiger partial charge in [-0.2, -0.15) is 5.10 Å². The second kappa shape index (κ2) is 10.8. The molecule has 1 aliphatic rings. The molecule has 1 saturated carbocycles. The molecule has 2 aromatic rings. The normalized spacial score (nSPS) is 20.7. The van der Waals surface area contributed by atoms with Gasteiger partial charge in [-0.15, -0.1) is 0 Å². The largest absolute Gasteiger partial charge is 0.496 e. The Morgan fingerprint density at radius 2 is 2.06 bits per heavy atom. The Hall–Kier alpha value is -2.25. The zero-order valence-corrected chi connectivity index (χ0v) is 21.1. The average Bonchev–Trinajstić information content (AvgIpc) is 3.14. The van der Waals surface area contributed by atoms with Crippen LogP contribution in [0.15, 0.2) is 18.2 Å². The Bertz CT molecular complexity index is 965. The topological polar surface area (TPSA) is 88.4 Å². The third-order valence-electron chi connectivity index (χ3n) is 6.62. The minimum absolute atomic E-state index is 0.0658. The number of rotatable bonds is 9. The summed E-state index contributed by atoms with van der Waals surface area (Å²) in [4.78, 5) is 13.1. The maximum Gasteiger partial charge on any atom is 0.273 e. The molecule has 3 rings (SSSR count). The summed E-state index contributed by atoms with van der Waals surface area (Å²) in [6.07, 6.45) is 3.93. The summed E-state index contributed by atoms with van der Waals surface area (Å²) in [6.45, 7) is 9.37. The van der Waals surface area contributed by atoms with Crippen molar-refractivity contribution in [2.45, 2.75) is 66.0 Å². The van der Waals surface area contributed by atoms with Gasteiger partial charge in [-0.05, 0) is 51.7 Å². The van der Waals surface area contributed by atoms with Crippen molar-refractivity contribution >= 4 is 23.2 Å². The van der Waals surface area contributed by atoms with E-state index in [0.717, 1.165) is 36.9 Å². The van der Waals surface area contributed by atoms with Gasteiger partial charge in [-0.3, -0.25) is 9.48 Å². The lowest BCUT2D eigenvalue weighted by atomic mass is 9.71. The first kappa shape index (κ1) is 25.4. The maximum absolute atomic E-state index is 13.1. The number of ether oxygens (including phenoxy) is 1. The number of nitrogens with one attached hydrogen (secondary N) is 2. The molecule has 1 heterocycles. The van der Waals surface area contributed by atoms with Crippen molar-refractivity contribution < 1.29 is 14.6 Å². The highest BCUT2D eigenvalue weighted by Gasteiger charge is 2.35. The molecule has 0 spiro atoms. The number of hydrogen-bond donors (Lipinski definition) is 3. The Kier molecular flexibility index (Phi) is 8.29. The summed E-state index contributed by atoms with van der Waals surface area (Å²) in [5, 5.41) is 21.2. The predicted octanol–water partition coefficient (Wildman–Crippen LogP) is 4.97. The van der Waals surface area contributed by atoms with E-state index in [4.69, 9.17) is 16.3 Å². The number of aliphatic hydroxyl groups is 1. The summed E-state index contributed by atoms with van der Waals surface area (Å²) < 4.78 is 7.37. The van der Waals surface area contributed by atoms with Crippen molar-refractivity contribution in [1.82, 2.24) is 15.1 Å². The molecule has 1 amide bonds. The van der Waals surface area contributed by atoms with Crippen LogP contribution in [0.5, 0.6) is 5.75 Å². The maximum atomic E-state index is 13.1. The van der Waals surface area contributed by atoms with E-state index in [1.54, 1.807) is 11.8 Å². The first-order valence-electron chi connectivity index (χ1n) is 11.8. The van der Waals surface area contributed by atoms with Gasteiger partial charge >= 0.3 is 0 Å². The second-order valence-corrected chi connectivity index (χ2v) is 9.94. The van der Waals surface area contributed by atoms with E-state index in [2.05, 4.69) is 36.5 Å². The number of amides is 1. The van der Waals surface area contributed by atoms with E-state index in [1.807, 2.05) is 25.1 Å². The van der Waals surface area contributed by atoms with Crippen LogP contribution in [0.1, 0.15) is 63.9 Å². The molecule has 0 radical (unpaired) electrons. The molecule has 0 saturated heterocycles. The van der Waals surface area contributed by atoms with Gasteiger partial charge < -0.3 is 20.5 Å². The van der Waals surface area contributed by atoms with Crippen LogP contribution < -0.4 is 15.4 Å². The number of carbonyl (C=O) groups excluding carboxylic acids is 1. The van der Waals surface area contributed by atoms with Crippen LogP contribution in [0.2, 0.25) is 5.02 Å². The molecule has 182 valence electrons. The first-order valence-corrected chi connectivity index (χ1v) is 12.2. The second-order valence-electron chi connectivity index (χ2n) is 9.56. The third kappa shape index (κ3) is 5.64. The van der Waals surface area contributed by atoms with Crippen molar-refractivity contribution in [2.75, 3.05) is 25.6 Å². The quantitative estimate of drug-likeness (QED) is 0.475. The fourth-order valence-corrected chi connectivity index (χ4v) is 4.82. The molecular weight excluding hydrogens is 440 g/mol. The first-order chi connectivity index (χ1) is 15.7. The Labute approximate surface area is 201 Å². The number of hydrogen-bond acceptors (Lipinski definition) is 5. The van der Waals surface area contributed by atoms with Crippen LogP contribution in [-0.4, -0.2) is 47.1 Å². The van der Waals surface area contributed by atoms with E-state index in [0.29, 0.717) is 35.5 Å². The SMILES string of the molecule is CCn1nc(C(=O)NCC2(CO)CCC(C)CC2)c(Cl)c1-c1ccc(NC(C)C)cc1OC. The summed E-state index contributed by atoms with van der Waals surface area (Å²) >= 11 is 6.74. The molecule has 0 aliphatic heterocycles. The summed E-state index contributed by atoms with van der Waals surface area (Å²) in [6, 6.07) is 6.11. The van der Waals surface area contributed by atoms with E-state index >= 15 is 0 Å². The zero-order valence-electron chi connectivity index (χ0n) is 20.4. The molecule has 33 heavy (non-hydrogen) atoms. The van der Waals surface area contributed by atoms with Gasteiger partial charge in [0.25, 0.3) is 5.91 Å². The number of carbonyl (C=O) groups is 1. The lowest BCUT2D eigenvalue weighted by Crippen LogP contribution is -2.42. The van der Waals surface area contributed by atoms with Crippen molar-refractivity contribution in [3.8, 4) is 17.0 Å². The van der Waals surface area contributed by atoms with Crippen LogP contribution in [-0.2, 0) is 6.54 Å². The minimum Gasteiger partial charge on any atom is -0.496 e. The van der Waals surface area contributed by atoms with E-state index in [9.17, 15) is 9.90 Å². The Morgan fingerprint density at radius 3 is 2.64 bits per heavy atom. The van der Waals surface area contributed by atoms with Crippen LogP contribution >= 0.6 is 11.6 Å². The monoisotopic (exact) mass is 476 g/mol. The number of benzene rings is 1. The third-order valence-corrected chi connectivity index (χ3v) is 6.97. The Morgan fingerprint density at radius 1 is 1.36 bits per heavy atom. The summed E-state index contributed by atoms with van der Waals surface area (Å²) in [5.41, 5.74) is 2.29. The van der Waals surface area contributed by atoms with Crippen molar-refractivity contribution in [3.63, 3.8) is 0 Å². The molecule has 8 heteroatoms.